The summed E-state index contributed by atoms with van der Waals surface area (Å²) >= 11 is -6.80. The van der Waals surface area contributed by atoms with E-state index in [1.54, 1.807) is 0 Å². The Kier molecular flexibility index (Phi) is 6.80. The SMILES string of the molecule is Fc1c(F)c(F)[c]([Sn]([c]2c(F)c(F)c(F)c(F)c2F)[c]2c(F)c(F)c(F)c(F)c2F)c(F)c1F. The van der Waals surface area contributed by atoms with Crippen LogP contribution >= 0.6 is 0 Å². The summed E-state index contributed by atoms with van der Waals surface area (Å²) in [5.74, 6) is -44.3. The van der Waals surface area contributed by atoms with Crippen molar-refractivity contribution in [2.45, 2.75) is 0 Å². The molecule has 0 nitrogen and oxygen atoms in total. The van der Waals surface area contributed by atoms with E-state index in [2.05, 4.69) is 0 Å². The number of rotatable bonds is 3. The van der Waals surface area contributed by atoms with Gasteiger partial charge in [0.1, 0.15) is 0 Å². The van der Waals surface area contributed by atoms with Gasteiger partial charge in [0.15, 0.2) is 0 Å². The third-order valence-electron chi connectivity index (χ3n) is 4.38. The Balaban J connectivity index is 2.68. The molecule has 0 saturated carbocycles. The number of halogens is 15. The van der Waals surface area contributed by atoms with Crippen molar-refractivity contribution in [3.63, 3.8) is 0 Å². The third kappa shape index (κ3) is 3.58. The molecule has 0 spiro atoms. The zero-order valence-electron chi connectivity index (χ0n) is 15.2. The summed E-state index contributed by atoms with van der Waals surface area (Å²) in [6.07, 6.45) is 0. The topological polar surface area (TPSA) is 0 Å². The fraction of sp³-hybridized carbons (Fsp3) is 0. The van der Waals surface area contributed by atoms with Gasteiger partial charge in [-0.1, -0.05) is 0 Å². The van der Waals surface area contributed by atoms with Gasteiger partial charge in [0.05, 0.1) is 0 Å². The second kappa shape index (κ2) is 8.88. The Morgan fingerprint density at radius 3 is 0.471 bits per heavy atom. The van der Waals surface area contributed by atoms with Crippen molar-refractivity contribution < 1.29 is 65.9 Å². The van der Waals surface area contributed by atoms with Crippen LogP contribution in [0.15, 0.2) is 0 Å². The second-order valence-electron chi connectivity index (χ2n) is 6.21. The molecule has 0 aromatic heterocycles. The van der Waals surface area contributed by atoms with Crippen LogP contribution in [-0.2, 0) is 0 Å². The maximum absolute atomic E-state index is 14.4. The third-order valence-corrected chi connectivity index (χ3v) is 12.4. The van der Waals surface area contributed by atoms with Crippen LogP contribution in [0.1, 0.15) is 0 Å². The van der Waals surface area contributed by atoms with E-state index in [0.717, 1.165) is 0 Å². The maximum atomic E-state index is 14.4. The quantitative estimate of drug-likeness (QED) is 0.178. The minimum atomic E-state index is -6.80. The van der Waals surface area contributed by atoms with E-state index in [4.69, 9.17) is 0 Å². The molecule has 0 aliphatic carbocycles. The van der Waals surface area contributed by atoms with Gasteiger partial charge in [0, 0.05) is 0 Å². The van der Waals surface area contributed by atoms with Crippen LogP contribution in [0.5, 0.6) is 0 Å². The molecule has 0 fully saturated rings. The Bertz CT molecular complexity index is 1110. The Morgan fingerprint density at radius 2 is 0.324 bits per heavy atom. The molecule has 0 aliphatic heterocycles. The molecule has 0 saturated heterocycles. The normalized spacial score (nSPS) is 11.6. The Morgan fingerprint density at radius 1 is 0.206 bits per heavy atom. The number of hydrogen-bond donors (Lipinski definition) is 0. The standard InChI is InChI=1S/3C6F5.Sn/c3*7-2-1-3(8)5(10)6(11)4(2)9;. The van der Waals surface area contributed by atoms with E-state index in [1.165, 1.54) is 0 Å². The molecule has 16 heteroatoms. The molecule has 0 N–H and O–H groups in total. The first-order chi connectivity index (χ1) is 15.7. The van der Waals surface area contributed by atoms with Gasteiger partial charge in [-0.15, -0.1) is 0 Å². The molecular weight excluding hydrogens is 620 g/mol. The van der Waals surface area contributed by atoms with Gasteiger partial charge in [-0.25, -0.2) is 0 Å². The van der Waals surface area contributed by atoms with E-state index in [0.29, 0.717) is 0 Å². The van der Waals surface area contributed by atoms with Crippen molar-refractivity contribution in [3.8, 4) is 0 Å². The first-order valence-electron chi connectivity index (χ1n) is 8.08. The molecule has 3 aromatic rings. The van der Waals surface area contributed by atoms with E-state index in [1.807, 2.05) is 0 Å². The molecule has 34 heavy (non-hydrogen) atoms. The molecule has 0 unspecified atom stereocenters. The molecule has 3 aromatic carbocycles. The summed E-state index contributed by atoms with van der Waals surface area (Å²) in [6, 6.07) is 0. The molecular formula is C18F15Sn. The van der Waals surface area contributed by atoms with Gasteiger partial charge in [-0.2, -0.15) is 0 Å². The van der Waals surface area contributed by atoms with E-state index >= 15 is 0 Å². The summed E-state index contributed by atoms with van der Waals surface area (Å²) in [4.78, 5) is 0. The summed E-state index contributed by atoms with van der Waals surface area (Å²) < 4.78 is 202. The van der Waals surface area contributed by atoms with Crippen LogP contribution in [0.2, 0.25) is 0 Å². The molecule has 0 heterocycles. The van der Waals surface area contributed by atoms with Crippen LogP contribution in [0.25, 0.3) is 0 Å². The molecule has 0 amide bonds. The predicted molar refractivity (Wildman–Crippen MR) is 83.4 cm³/mol. The van der Waals surface area contributed by atoms with Crippen LogP contribution in [0.4, 0.5) is 65.9 Å². The van der Waals surface area contributed by atoms with Crippen molar-refractivity contribution in [2.75, 3.05) is 0 Å². The van der Waals surface area contributed by atoms with Gasteiger partial charge in [0.25, 0.3) is 0 Å². The molecule has 0 atom stereocenters. The van der Waals surface area contributed by atoms with Crippen molar-refractivity contribution in [2.24, 2.45) is 0 Å². The summed E-state index contributed by atoms with van der Waals surface area (Å²) in [6.45, 7) is 0. The monoisotopic (exact) mass is 621 g/mol. The van der Waals surface area contributed by atoms with E-state index in [-0.39, 0.29) is 0 Å². The number of benzene rings is 3. The van der Waals surface area contributed by atoms with Gasteiger partial charge < -0.3 is 0 Å². The zero-order valence-corrected chi connectivity index (χ0v) is 18.0. The van der Waals surface area contributed by atoms with Crippen molar-refractivity contribution in [1.82, 2.24) is 0 Å². The zero-order chi connectivity index (χ0) is 26.0. The summed E-state index contributed by atoms with van der Waals surface area (Å²) in [5, 5.41) is 0. The van der Waals surface area contributed by atoms with Crippen LogP contribution in [0.3, 0.4) is 0 Å². The summed E-state index contributed by atoms with van der Waals surface area (Å²) in [5.41, 5.74) is 0. The molecule has 0 bridgehead atoms. The van der Waals surface area contributed by atoms with E-state index in [9.17, 15) is 65.9 Å². The second-order valence-corrected chi connectivity index (χ2v) is 12.6. The predicted octanol–water partition coefficient (Wildman–Crippen LogP) is 4.29. The van der Waals surface area contributed by atoms with Crippen LogP contribution in [-0.4, -0.2) is 19.8 Å². The van der Waals surface area contributed by atoms with Gasteiger partial charge in [-0.3, -0.25) is 0 Å². The van der Waals surface area contributed by atoms with E-state index < -0.39 is 118 Å². The van der Waals surface area contributed by atoms with Crippen LogP contribution < -0.4 is 10.7 Å². The van der Waals surface area contributed by atoms with Crippen molar-refractivity contribution in [1.29, 1.82) is 0 Å². The summed E-state index contributed by atoms with van der Waals surface area (Å²) in [7, 11) is 0. The van der Waals surface area contributed by atoms with Gasteiger partial charge in [0.2, 0.25) is 0 Å². The number of hydrogen-bond acceptors (Lipinski definition) is 0. The average Bonchev–Trinajstić information content (AvgIpc) is 2.81. The molecule has 1 radical (unpaired) electrons. The van der Waals surface area contributed by atoms with Crippen LogP contribution in [0, 0.1) is 87.3 Å². The van der Waals surface area contributed by atoms with Crippen molar-refractivity contribution >= 4 is 30.5 Å². The Hall–Kier alpha value is -2.59. The van der Waals surface area contributed by atoms with Crippen molar-refractivity contribution in [3.05, 3.63) is 87.3 Å². The fourth-order valence-corrected chi connectivity index (χ4v) is 10.6. The molecule has 181 valence electrons. The Labute approximate surface area is 184 Å². The fourth-order valence-electron chi connectivity index (χ4n) is 2.85. The average molecular weight is 620 g/mol. The molecule has 3 rings (SSSR count). The van der Waals surface area contributed by atoms with Gasteiger partial charge >= 0.3 is 184 Å². The molecule has 0 aliphatic rings. The minimum absolute atomic E-state index is 2.48. The first-order valence-corrected chi connectivity index (χ1v) is 12.4. The van der Waals surface area contributed by atoms with Gasteiger partial charge in [-0.05, 0) is 0 Å². The first kappa shape index (κ1) is 26.0.